The number of rotatable bonds is 4. The molecule has 3 rings (SSSR count). The van der Waals surface area contributed by atoms with Crippen LogP contribution in [0.4, 0.5) is 11.6 Å². The van der Waals surface area contributed by atoms with E-state index in [0.29, 0.717) is 0 Å². The summed E-state index contributed by atoms with van der Waals surface area (Å²) in [6.45, 7) is 3.68. The summed E-state index contributed by atoms with van der Waals surface area (Å²) in [5.74, 6) is 0.846. The molecule has 0 aliphatic rings. The summed E-state index contributed by atoms with van der Waals surface area (Å²) in [6, 6.07) is 11.6. The zero-order chi connectivity index (χ0) is 13.9. The van der Waals surface area contributed by atoms with Crippen LogP contribution in [0, 0.1) is 0 Å². The van der Waals surface area contributed by atoms with Crippen LogP contribution in [-0.2, 0) is 6.54 Å². The summed E-state index contributed by atoms with van der Waals surface area (Å²) in [7, 11) is 0. The average molecular weight is 267 g/mol. The van der Waals surface area contributed by atoms with E-state index < -0.39 is 0 Å². The SMILES string of the molecule is CCN(Cc1ccccn1)c1nc2ccc(N)cc2[nH]1. The first-order valence-corrected chi connectivity index (χ1v) is 6.66. The minimum atomic E-state index is 0.729. The lowest BCUT2D eigenvalue weighted by Crippen LogP contribution is -2.23. The van der Waals surface area contributed by atoms with Crippen molar-refractivity contribution in [3.63, 3.8) is 0 Å². The molecule has 2 aromatic heterocycles. The van der Waals surface area contributed by atoms with E-state index in [1.807, 2.05) is 42.6 Å². The Morgan fingerprint density at radius 1 is 1.25 bits per heavy atom. The van der Waals surface area contributed by atoms with Crippen molar-refractivity contribution in [1.82, 2.24) is 15.0 Å². The van der Waals surface area contributed by atoms with Gasteiger partial charge in [-0.2, -0.15) is 0 Å². The molecular formula is C15H17N5. The third-order valence-corrected chi connectivity index (χ3v) is 3.25. The maximum Gasteiger partial charge on any atom is 0.204 e. The van der Waals surface area contributed by atoms with Gasteiger partial charge in [-0.25, -0.2) is 4.98 Å². The molecule has 0 aliphatic heterocycles. The molecule has 0 saturated heterocycles. The third kappa shape index (κ3) is 2.42. The molecule has 0 bridgehead atoms. The Balaban J connectivity index is 1.91. The second-order valence-corrected chi connectivity index (χ2v) is 4.67. The molecule has 0 radical (unpaired) electrons. The van der Waals surface area contributed by atoms with Crippen molar-refractivity contribution in [1.29, 1.82) is 0 Å². The lowest BCUT2D eigenvalue weighted by atomic mass is 10.3. The van der Waals surface area contributed by atoms with Gasteiger partial charge < -0.3 is 15.6 Å². The number of nitrogens with zero attached hydrogens (tertiary/aromatic N) is 3. The molecule has 5 nitrogen and oxygen atoms in total. The molecular weight excluding hydrogens is 250 g/mol. The number of aromatic amines is 1. The number of nitrogen functional groups attached to an aromatic ring is 1. The van der Waals surface area contributed by atoms with Crippen LogP contribution in [0.3, 0.4) is 0 Å². The fourth-order valence-electron chi connectivity index (χ4n) is 2.19. The van der Waals surface area contributed by atoms with E-state index in [4.69, 9.17) is 5.73 Å². The number of aromatic nitrogens is 3. The predicted molar refractivity (Wildman–Crippen MR) is 81.5 cm³/mol. The van der Waals surface area contributed by atoms with Gasteiger partial charge in [-0.1, -0.05) is 6.07 Å². The van der Waals surface area contributed by atoms with Gasteiger partial charge in [-0.3, -0.25) is 4.98 Å². The monoisotopic (exact) mass is 267 g/mol. The maximum atomic E-state index is 5.79. The zero-order valence-electron chi connectivity index (χ0n) is 11.4. The van der Waals surface area contributed by atoms with Gasteiger partial charge in [0.1, 0.15) is 0 Å². The molecule has 1 aromatic carbocycles. The standard InChI is InChI=1S/C15H17N5/c1-2-20(10-12-5-3-4-8-17-12)15-18-13-7-6-11(16)9-14(13)19-15/h3-9H,2,10,16H2,1H3,(H,18,19). The molecule has 3 N–H and O–H groups in total. The van der Waals surface area contributed by atoms with E-state index in [-0.39, 0.29) is 0 Å². The van der Waals surface area contributed by atoms with Crippen LogP contribution < -0.4 is 10.6 Å². The van der Waals surface area contributed by atoms with Crippen LogP contribution >= 0.6 is 0 Å². The van der Waals surface area contributed by atoms with Gasteiger partial charge >= 0.3 is 0 Å². The Morgan fingerprint density at radius 2 is 2.15 bits per heavy atom. The first kappa shape index (κ1) is 12.5. The lowest BCUT2D eigenvalue weighted by Gasteiger charge is -2.19. The van der Waals surface area contributed by atoms with Crippen molar-refractivity contribution in [3.8, 4) is 0 Å². The van der Waals surface area contributed by atoms with Crippen LogP contribution in [0.5, 0.6) is 0 Å². The number of fused-ring (bicyclic) bond motifs is 1. The fourth-order valence-corrected chi connectivity index (χ4v) is 2.19. The zero-order valence-corrected chi connectivity index (χ0v) is 11.4. The number of pyridine rings is 1. The topological polar surface area (TPSA) is 70.8 Å². The number of nitrogens with two attached hydrogens (primary N) is 1. The van der Waals surface area contributed by atoms with Gasteiger partial charge in [0.05, 0.1) is 23.3 Å². The van der Waals surface area contributed by atoms with Crippen molar-refractivity contribution in [2.75, 3.05) is 17.2 Å². The third-order valence-electron chi connectivity index (χ3n) is 3.25. The van der Waals surface area contributed by atoms with E-state index in [0.717, 1.165) is 41.5 Å². The summed E-state index contributed by atoms with van der Waals surface area (Å²) in [5, 5.41) is 0. The summed E-state index contributed by atoms with van der Waals surface area (Å²) in [4.78, 5) is 14.4. The van der Waals surface area contributed by atoms with E-state index >= 15 is 0 Å². The van der Waals surface area contributed by atoms with Gasteiger partial charge in [-0.05, 0) is 37.3 Å². The summed E-state index contributed by atoms with van der Waals surface area (Å²) in [6.07, 6.45) is 1.81. The highest BCUT2D eigenvalue weighted by molar-refractivity contribution is 5.80. The van der Waals surface area contributed by atoms with Crippen LogP contribution in [0.1, 0.15) is 12.6 Å². The number of hydrogen-bond acceptors (Lipinski definition) is 4. The molecule has 0 unspecified atom stereocenters. The number of imidazole rings is 1. The smallest absolute Gasteiger partial charge is 0.204 e. The quantitative estimate of drug-likeness (QED) is 0.713. The van der Waals surface area contributed by atoms with Gasteiger partial charge in [0.15, 0.2) is 0 Å². The molecule has 0 fully saturated rings. The minimum absolute atomic E-state index is 0.729. The largest absolute Gasteiger partial charge is 0.399 e. The van der Waals surface area contributed by atoms with E-state index in [1.54, 1.807) is 0 Å². The highest BCUT2D eigenvalue weighted by atomic mass is 15.3. The fraction of sp³-hybridized carbons (Fsp3) is 0.200. The number of H-pyrrole nitrogens is 1. The summed E-state index contributed by atoms with van der Waals surface area (Å²) in [5.41, 5.74) is 9.44. The number of hydrogen-bond donors (Lipinski definition) is 2. The van der Waals surface area contributed by atoms with Gasteiger partial charge in [-0.15, -0.1) is 0 Å². The molecule has 0 saturated carbocycles. The van der Waals surface area contributed by atoms with Crippen molar-refractivity contribution in [3.05, 3.63) is 48.3 Å². The molecule has 20 heavy (non-hydrogen) atoms. The number of anilines is 2. The molecule has 102 valence electrons. The summed E-state index contributed by atoms with van der Waals surface area (Å²) < 4.78 is 0. The first-order chi connectivity index (χ1) is 9.76. The number of benzene rings is 1. The Morgan fingerprint density at radius 3 is 2.90 bits per heavy atom. The normalized spacial score (nSPS) is 10.8. The average Bonchev–Trinajstić information content (AvgIpc) is 2.88. The predicted octanol–water partition coefficient (Wildman–Crippen LogP) is 2.57. The Bertz CT molecular complexity index is 705. The highest BCUT2D eigenvalue weighted by Gasteiger charge is 2.11. The van der Waals surface area contributed by atoms with Crippen LogP contribution in [0.25, 0.3) is 11.0 Å². The molecule has 0 aliphatic carbocycles. The Hall–Kier alpha value is -2.56. The van der Waals surface area contributed by atoms with Gasteiger partial charge in [0, 0.05) is 18.4 Å². The molecule has 5 heteroatoms. The highest BCUT2D eigenvalue weighted by Crippen LogP contribution is 2.20. The van der Waals surface area contributed by atoms with Crippen molar-refractivity contribution >= 4 is 22.7 Å². The first-order valence-electron chi connectivity index (χ1n) is 6.66. The second kappa shape index (κ2) is 5.21. The van der Waals surface area contributed by atoms with Crippen molar-refractivity contribution in [2.45, 2.75) is 13.5 Å². The van der Waals surface area contributed by atoms with Gasteiger partial charge in [0.25, 0.3) is 0 Å². The van der Waals surface area contributed by atoms with Crippen molar-refractivity contribution in [2.24, 2.45) is 0 Å². The Labute approximate surface area is 117 Å². The van der Waals surface area contributed by atoms with Gasteiger partial charge in [0.2, 0.25) is 5.95 Å². The molecule has 3 aromatic rings. The van der Waals surface area contributed by atoms with E-state index in [9.17, 15) is 0 Å². The van der Waals surface area contributed by atoms with Crippen LogP contribution in [0.2, 0.25) is 0 Å². The second-order valence-electron chi connectivity index (χ2n) is 4.67. The number of nitrogens with one attached hydrogen (secondary N) is 1. The summed E-state index contributed by atoms with van der Waals surface area (Å²) >= 11 is 0. The van der Waals surface area contributed by atoms with Crippen molar-refractivity contribution < 1.29 is 0 Å². The van der Waals surface area contributed by atoms with Crippen LogP contribution in [-0.4, -0.2) is 21.5 Å². The molecule has 0 amide bonds. The lowest BCUT2D eigenvalue weighted by molar-refractivity contribution is 0.785. The maximum absolute atomic E-state index is 5.79. The molecule has 2 heterocycles. The van der Waals surface area contributed by atoms with E-state index in [2.05, 4.69) is 26.8 Å². The molecule has 0 spiro atoms. The van der Waals surface area contributed by atoms with Crippen LogP contribution in [0.15, 0.2) is 42.6 Å². The molecule has 0 atom stereocenters. The minimum Gasteiger partial charge on any atom is -0.399 e. The van der Waals surface area contributed by atoms with E-state index in [1.165, 1.54) is 0 Å². The Kier molecular flexibility index (Phi) is 3.25.